The smallest absolute Gasteiger partial charge is 0.194 e. The second-order valence-corrected chi connectivity index (χ2v) is 5.28. The van der Waals surface area contributed by atoms with Crippen LogP contribution in [0.4, 0.5) is 0 Å². The summed E-state index contributed by atoms with van der Waals surface area (Å²) in [5, 5.41) is 1.80. The third-order valence-corrected chi connectivity index (χ3v) is 3.41. The Balaban J connectivity index is 2.07. The first kappa shape index (κ1) is 13.1. The standard InChI is InChI=1S/C16H9Cl2NO/c17-13-6-11(7-14(18)8-13)16(20)12-5-10-3-1-2-4-15(10)19-9-12/h1-9H. The molecule has 0 bridgehead atoms. The van der Waals surface area contributed by atoms with Crippen LogP contribution in [-0.2, 0) is 0 Å². The lowest BCUT2D eigenvalue weighted by Gasteiger charge is -2.04. The van der Waals surface area contributed by atoms with Crippen LogP contribution in [0, 0.1) is 0 Å². The van der Waals surface area contributed by atoms with Crippen molar-refractivity contribution in [1.82, 2.24) is 4.98 Å². The minimum absolute atomic E-state index is 0.146. The molecule has 0 aliphatic rings. The van der Waals surface area contributed by atoms with E-state index in [0.29, 0.717) is 21.2 Å². The summed E-state index contributed by atoms with van der Waals surface area (Å²) < 4.78 is 0. The fourth-order valence-corrected chi connectivity index (χ4v) is 2.57. The number of nitrogens with zero attached hydrogens (tertiary/aromatic N) is 1. The molecule has 4 heteroatoms. The highest BCUT2D eigenvalue weighted by atomic mass is 35.5. The first-order valence-corrected chi connectivity index (χ1v) is 6.75. The second kappa shape index (κ2) is 5.23. The van der Waals surface area contributed by atoms with Crippen LogP contribution in [0.15, 0.2) is 54.7 Å². The molecule has 1 aromatic heterocycles. The number of carbonyl (C=O) groups excluding carboxylic acids is 1. The van der Waals surface area contributed by atoms with Gasteiger partial charge in [-0.05, 0) is 30.3 Å². The molecule has 3 rings (SSSR count). The molecule has 3 aromatic rings. The van der Waals surface area contributed by atoms with E-state index in [-0.39, 0.29) is 5.78 Å². The van der Waals surface area contributed by atoms with E-state index in [1.807, 2.05) is 30.3 Å². The molecule has 0 fully saturated rings. The number of hydrogen-bond donors (Lipinski definition) is 0. The van der Waals surface area contributed by atoms with Crippen LogP contribution < -0.4 is 0 Å². The second-order valence-electron chi connectivity index (χ2n) is 4.40. The lowest BCUT2D eigenvalue weighted by molar-refractivity contribution is 0.103. The van der Waals surface area contributed by atoms with E-state index in [9.17, 15) is 4.79 Å². The van der Waals surface area contributed by atoms with Crippen molar-refractivity contribution in [1.29, 1.82) is 0 Å². The van der Waals surface area contributed by atoms with E-state index in [1.54, 1.807) is 24.4 Å². The maximum Gasteiger partial charge on any atom is 0.194 e. The third-order valence-electron chi connectivity index (χ3n) is 2.98. The molecular weight excluding hydrogens is 293 g/mol. The molecule has 0 atom stereocenters. The molecule has 0 spiro atoms. The van der Waals surface area contributed by atoms with Gasteiger partial charge in [0.05, 0.1) is 5.52 Å². The highest BCUT2D eigenvalue weighted by Gasteiger charge is 2.12. The maximum atomic E-state index is 12.4. The van der Waals surface area contributed by atoms with Crippen molar-refractivity contribution in [3.63, 3.8) is 0 Å². The Hall–Kier alpha value is -1.90. The maximum absolute atomic E-state index is 12.4. The van der Waals surface area contributed by atoms with Gasteiger partial charge in [0.25, 0.3) is 0 Å². The van der Waals surface area contributed by atoms with E-state index in [0.717, 1.165) is 10.9 Å². The Kier molecular flexibility index (Phi) is 3.43. The van der Waals surface area contributed by atoms with Gasteiger partial charge in [0.2, 0.25) is 0 Å². The fourth-order valence-electron chi connectivity index (χ4n) is 2.05. The predicted molar refractivity (Wildman–Crippen MR) is 81.6 cm³/mol. The van der Waals surface area contributed by atoms with Crippen LogP contribution in [0.1, 0.15) is 15.9 Å². The quantitative estimate of drug-likeness (QED) is 0.638. The molecule has 2 aromatic carbocycles. The number of para-hydroxylation sites is 1. The Morgan fingerprint density at radius 2 is 1.60 bits per heavy atom. The molecule has 98 valence electrons. The van der Waals surface area contributed by atoms with Gasteiger partial charge in [0.15, 0.2) is 5.78 Å². The van der Waals surface area contributed by atoms with Gasteiger partial charge in [-0.1, -0.05) is 41.4 Å². The van der Waals surface area contributed by atoms with Crippen LogP contribution in [0.25, 0.3) is 10.9 Å². The number of hydrogen-bond acceptors (Lipinski definition) is 2. The Morgan fingerprint density at radius 1 is 0.900 bits per heavy atom. The Morgan fingerprint density at radius 3 is 2.35 bits per heavy atom. The number of rotatable bonds is 2. The number of fused-ring (bicyclic) bond motifs is 1. The Bertz CT molecular complexity index is 794. The summed E-state index contributed by atoms with van der Waals surface area (Å²) in [6.45, 7) is 0. The largest absolute Gasteiger partial charge is 0.289 e. The van der Waals surface area contributed by atoms with E-state index >= 15 is 0 Å². The number of halogens is 2. The van der Waals surface area contributed by atoms with Gasteiger partial charge in [-0.3, -0.25) is 9.78 Å². The average Bonchev–Trinajstić information content (AvgIpc) is 2.45. The van der Waals surface area contributed by atoms with Crippen molar-refractivity contribution in [2.45, 2.75) is 0 Å². The third kappa shape index (κ3) is 2.53. The van der Waals surface area contributed by atoms with Crippen molar-refractivity contribution >= 4 is 39.9 Å². The Labute approximate surface area is 126 Å². The van der Waals surface area contributed by atoms with Crippen LogP contribution in [-0.4, -0.2) is 10.8 Å². The van der Waals surface area contributed by atoms with Crippen LogP contribution in [0.5, 0.6) is 0 Å². The molecule has 0 aliphatic heterocycles. The summed E-state index contributed by atoms with van der Waals surface area (Å²) in [5.41, 5.74) is 1.83. The number of pyridine rings is 1. The van der Waals surface area contributed by atoms with Crippen molar-refractivity contribution in [3.05, 3.63) is 75.9 Å². The van der Waals surface area contributed by atoms with Crippen molar-refractivity contribution < 1.29 is 4.79 Å². The zero-order valence-corrected chi connectivity index (χ0v) is 11.8. The summed E-state index contributed by atoms with van der Waals surface area (Å²) in [7, 11) is 0. The molecule has 0 saturated heterocycles. The monoisotopic (exact) mass is 301 g/mol. The minimum atomic E-state index is -0.146. The lowest BCUT2D eigenvalue weighted by Crippen LogP contribution is -2.02. The van der Waals surface area contributed by atoms with Crippen molar-refractivity contribution in [2.75, 3.05) is 0 Å². The van der Waals surface area contributed by atoms with E-state index in [4.69, 9.17) is 23.2 Å². The molecular formula is C16H9Cl2NO. The van der Waals surface area contributed by atoms with E-state index < -0.39 is 0 Å². The molecule has 0 N–H and O–H groups in total. The van der Waals surface area contributed by atoms with Gasteiger partial charge in [0, 0.05) is 32.8 Å². The summed E-state index contributed by atoms with van der Waals surface area (Å²) in [4.78, 5) is 16.7. The lowest BCUT2D eigenvalue weighted by atomic mass is 10.0. The highest BCUT2D eigenvalue weighted by molar-refractivity contribution is 6.35. The number of aromatic nitrogens is 1. The van der Waals surface area contributed by atoms with Gasteiger partial charge < -0.3 is 0 Å². The molecule has 20 heavy (non-hydrogen) atoms. The fraction of sp³-hybridized carbons (Fsp3) is 0. The first-order chi connectivity index (χ1) is 9.63. The average molecular weight is 302 g/mol. The molecule has 2 nitrogen and oxygen atoms in total. The van der Waals surface area contributed by atoms with Crippen molar-refractivity contribution in [2.24, 2.45) is 0 Å². The van der Waals surface area contributed by atoms with Gasteiger partial charge >= 0.3 is 0 Å². The topological polar surface area (TPSA) is 30.0 Å². The number of carbonyl (C=O) groups is 1. The zero-order valence-electron chi connectivity index (χ0n) is 10.3. The predicted octanol–water partition coefficient (Wildman–Crippen LogP) is 4.77. The molecule has 0 amide bonds. The molecule has 0 radical (unpaired) electrons. The van der Waals surface area contributed by atoms with E-state index in [2.05, 4.69) is 4.98 Å². The van der Waals surface area contributed by atoms with Gasteiger partial charge in [-0.25, -0.2) is 0 Å². The molecule has 1 heterocycles. The summed E-state index contributed by atoms with van der Waals surface area (Å²) in [6, 6.07) is 14.3. The number of benzene rings is 2. The van der Waals surface area contributed by atoms with Crippen LogP contribution in [0.3, 0.4) is 0 Å². The van der Waals surface area contributed by atoms with Gasteiger partial charge in [-0.2, -0.15) is 0 Å². The SMILES string of the molecule is O=C(c1cc(Cl)cc(Cl)c1)c1cnc2ccccc2c1. The summed E-state index contributed by atoms with van der Waals surface area (Å²) in [6.07, 6.45) is 1.57. The van der Waals surface area contributed by atoms with Gasteiger partial charge in [0.1, 0.15) is 0 Å². The first-order valence-electron chi connectivity index (χ1n) is 5.99. The van der Waals surface area contributed by atoms with Crippen LogP contribution in [0.2, 0.25) is 10.0 Å². The number of ketones is 1. The zero-order chi connectivity index (χ0) is 14.1. The van der Waals surface area contributed by atoms with Gasteiger partial charge in [-0.15, -0.1) is 0 Å². The van der Waals surface area contributed by atoms with Crippen molar-refractivity contribution in [3.8, 4) is 0 Å². The van der Waals surface area contributed by atoms with E-state index in [1.165, 1.54) is 0 Å². The van der Waals surface area contributed by atoms with Crippen LogP contribution >= 0.6 is 23.2 Å². The highest BCUT2D eigenvalue weighted by Crippen LogP contribution is 2.22. The molecule has 0 unspecified atom stereocenters. The summed E-state index contributed by atoms with van der Waals surface area (Å²) >= 11 is 11.8. The summed E-state index contributed by atoms with van der Waals surface area (Å²) in [5.74, 6) is -0.146. The minimum Gasteiger partial charge on any atom is -0.289 e. The molecule has 0 saturated carbocycles. The normalized spacial score (nSPS) is 10.7. The molecule has 0 aliphatic carbocycles.